The van der Waals surface area contributed by atoms with E-state index in [4.69, 9.17) is 34.8 Å². The third-order valence-corrected chi connectivity index (χ3v) is 4.46. The van der Waals surface area contributed by atoms with Gasteiger partial charge in [0.1, 0.15) is 5.82 Å². The van der Waals surface area contributed by atoms with Crippen LogP contribution in [0.25, 0.3) is 0 Å². The molecule has 2 aromatic carbocycles. The Labute approximate surface area is 165 Å². The lowest BCUT2D eigenvalue weighted by atomic mass is 10.1. The molecule has 0 saturated heterocycles. The van der Waals surface area contributed by atoms with Crippen LogP contribution < -0.4 is 5.43 Å². The van der Waals surface area contributed by atoms with Gasteiger partial charge in [-0.3, -0.25) is 15.0 Å². The van der Waals surface area contributed by atoms with Gasteiger partial charge in [-0.1, -0.05) is 34.8 Å². The van der Waals surface area contributed by atoms with Crippen molar-refractivity contribution in [3.63, 3.8) is 0 Å². The fraction of sp³-hybridized carbons (Fsp3) is 0.222. The van der Waals surface area contributed by atoms with Gasteiger partial charge in [-0.05, 0) is 57.2 Å². The molecule has 4 nitrogen and oxygen atoms in total. The Bertz CT molecular complexity index is 866. The van der Waals surface area contributed by atoms with E-state index in [1.807, 2.05) is 0 Å². The smallest absolute Gasteiger partial charge is 0.267 e. The zero-order valence-corrected chi connectivity index (χ0v) is 16.5. The van der Waals surface area contributed by atoms with Crippen LogP contribution in [-0.4, -0.2) is 22.4 Å². The number of hydrogen-bond acceptors (Lipinski definition) is 2. The molecule has 0 aliphatic heterocycles. The predicted molar refractivity (Wildman–Crippen MR) is 101 cm³/mol. The van der Waals surface area contributed by atoms with Crippen LogP contribution in [0.2, 0.25) is 15.1 Å². The normalized spacial score (nSPS) is 11.2. The maximum atomic E-state index is 13.3. The summed E-state index contributed by atoms with van der Waals surface area (Å²) >= 11 is 17.6. The molecule has 2 amide bonds. The molecule has 1 N–H and O–H groups in total. The highest BCUT2D eigenvalue weighted by molar-refractivity contribution is 6.42. The van der Waals surface area contributed by atoms with Crippen molar-refractivity contribution >= 4 is 46.6 Å². The van der Waals surface area contributed by atoms with Gasteiger partial charge in [0.05, 0.1) is 20.6 Å². The van der Waals surface area contributed by atoms with Crippen LogP contribution in [0.3, 0.4) is 0 Å². The first kappa shape index (κ1) is 20.5. The van der Waals surface area contributed by atoms with Crippen LogP contribution in [0.1, 0.15) is 41.5 Å². The largest absolute Gasteiger partial charge is 0.272 e. The Kier molecular flexibility index (Phi) is 6.17. The van der Waals surface area contributed by atoms with E-state index in [9.17, 15) is 14.0 Å². The third-order valence-electron chi connectivity index (χ3n) is 3.44. The first-order valence-corrected chi connectivity index (χ1v) is 8.69. The lowest BCUT2D eigenvalue weighted by Gasteiger charge is -2.35. The zero-order valence-electron chi connectivity index (χ0n) is 14.2. The van der Waals surface area contributed by atoms with Crippen molar-refractivity contribution in [3.05, 3.63) is 68.4 Å². The van der Waals surface area contributed by atoms with Crippen molar-refractivity contribution in [2.45, 2.75) is 26.3 Å². The Morgan fingerprint density at radius 1 is 0.923 bits per heavy atom. The van der Waals surface area contributed by atoms with Crippen molar-refractivity contribution in [2.24, 2.45) is 0 Å². The Morgan fingerprint density at radius 3 is 2.04 bits per heavy atom. The summed E-state index contributed by atoms with van der Waals surface area (Å²) in [6.45, 7) is 5.25. The number of carbonyl (C=O) groups is 2. The molecular formula is C18H16Cl3FN2O2. The number of benzene rings is 2. The van der Waals surface area contributed by atoms with E-state index < -0.39 is 23.2 Å². The molecule has 0 heterocycles. The minimum absolute atomic E-state index is 0.118. The summed E-state index contributed by atoms with van der Waals surface area (Å²) in [4.78, 5) is 25.4. The molecular weight excluding hydrogens is 402 g/mol. The van der Waals surface area contributed by atoms with E-state index in [0.717, 1.165) is 6.07 Å². The summed E-state index contributed by atoms with van der Waals surface area (Å²) in [5.74, 6) is -1.71. The number of hydrogen-bond donors (Lipinski definition) is 1. The third kappa shape index (κ3) is 4.67. The molecule has 26 heavy (non-hydrogen) atoms. The molecule has 0 aliphatic carbocycles. The minimum atomic E-state index is -0.747. The van der Waals surface area contributed by atoms with Gasteiger partial charge in [0.2, 0.25) is 0 Å². The van der Waals surface area contributed by atoms with E-state index in [0.29, 0.717) is 5.02 Å². The number of nitrogens with one attached hydrogen (secondary N) is 1. The predicted octanol–water partition coefficient (Wildman–Crippen LogP) is 5.37. The Hall–Kier alpha value is -1.82. The van der Waals surface area contributed by atoms with Crippen molar-refractivity contribution in [3.8, 4) is 0 Å². The van der Waals surface area contributed by atoms with Gasteiger partial charge in [-0.15, -0.1) is 0 Å². The van der Waals surface area contributed by atoms with Crippen LogP contribution in [0.15, 0.2) is 36.4 Å². The number of rotatable bonds is 2. The van der Waals surface area contributed by atoms with Crippen molar-refractivity contribution < 1.29 is 14.0 Å². The van der Waals surface area contributed by atoms with Crippen LogP contribution in [0, 0.1) is 5.82 Å². The summed E-state index contributed by atoms with van der Waals surface area (Å²) in [7, 11) is 0. The van der Waals surface area contributed by atoms with E-state index in [1.54, 1.807) is 20.8 Å². The molecule has 0 bridgehead atoms. The monoisotopic (exact) mass is 416 g/mol. The highest BCUT2D eigenvalue weighted by Crippen LogP contribution is 2.25. The maximum Gasteiger partial charge on any atom is 0.272 e. The van der Waals surface area contributed by atoms with Gasteiger partial charge < -0.3 is 0 Å². The SMILES string of the molecule is CC(C)(C)N(NC(=O)c1ccc(F)c(Cl)c1)C(=O)c1ccc(Cl)c(Cl)c1. The van der Waals surface area contributed by atoms with Gasteiger partial charge in [0.25, 0.3) is 11.8 Å². The molecule has 2 rings (SSSR count). The second-order valence-electron chi connectivity index (χ2n) is 6.51. The number of amides is 2. The average Bonchev–Trinajstić information content (AvgIpc) is 2.55. The molecule has 0 radical (unpaired) electrons. The molecule has 2 aromatic rings. The molecule has 138 valence electrons. The van der Waals surface area contributed by atoms with E-state index in [1.165, 1.54) is 35.3 Å². The number of carbonyl (C=O) groups excluding carboxylic acids is 2. The molecule has 0 atom stereocenters. The first-order chi connectivity index (χ1) is 12.0. The second kappa shape index (κ2) is 7.82. The highest BCUT2D eigenvalue weighted by atomic mass is 35.5. The standard InChI is InChI=1S/C18H16Cl3FN2O2/c1-18(2,3)24(17(26)11-4-6-12(19)13(20)9-11)23-16(25)10-5-7-15(22)14(21)8-10/h4-9H,1-3H3,(H,23,25). The first-order valence-electron chi connectivity index (χ1n) is 7.56. The molecule has 0 unspecified atom stereocenters. The quantitative estimate of drug-likeness (QED) is 0.668. The Morgan fingerprint density at radius 2 is 1.50 bits per heavy atom. The van der Waals surface area contributed by atoms with Crippen LogP contribution >= 0.6 is 34.8 Å². The Balaban J connectivity index is 2.32. The summed E-state index contributed by atoms with van der Waals surface area (Å²) in [6, 6.07) is 7.98. The minimum Gasteiger partial charge on any atom is -0.267 e. The number of halogens is 4. The number of nitrogens with zero attached hydrogens (tertiary/aromatic N) is 1. The molecule has 0 spiro atoms. The molecule has 0 aromatic heterocycles. The van der Waals surface area contributed by atoms with Crippen molar-refractivity contribution in [2.75, 3.05) is 0 Å². The van der Waals surface area contributed by atoms with Crippen molar-refractivity contribution in [1.82, 2.24) is 10.4 Å². The number of hydrazine groups is 1. The molecule has 0 saturated carbocycles. The van der Waals surface area contributed by atoms with Gasteiger partial charge in [-0.25, -0.2) is 9.40 Å². The summed E-state index contributed by atoms with van der Waals surface area (Å²) in [5.41, 5.74) is 2.17. The van der Waals surface area contributed by atoms with Crippen LogP contribution in [-0.2, 0) is 0 Å². The van der Waals surface area contributed by atoms with Crippen molar-refractivity contribution in [1.29, 1.82) is 0 Å². The molecule has 0 fully saturated rings. The van der Waals surface area contributed by atoms with Crippen LogP contribution in [0.5, 0.6) is 0 Å². The summed E-state index contributed by atoms with van der Waals surface area (Å²) in [5, 5.41) is 1.53. The van der Waals surface area contributed by atoms with Crippen LogP contribution in [0.4, 0.5) is 4.39 Å². The lowest BCUT2D eigenvalue weighted by molar-refractivity contribution is 0.0358. The van der Waals surface area contributed by atoms with E-state index in [2.05, 4.69) is 5.43 Å². The highest BCUT2D eigenvalue weighted by Gasteiger charge is 2.30. The van der Waals surface area contributed by atoms with E-state index in [-0.39, 0.29) is 21.2 Å². The lowest BCUT2D eigenvalue weighted by Crippen LogP contribution is -2.55. The fourth-order valence-electron chi connectivity index (χ4n) is 2.08. The maximum absolute atomic E-state index is 13.3. The molecule has 8 heteroatoms. The van der Waals surface area contributed by atoms with E-state index >= 15 is 0 Å². The zero-order chi connectivity index (χ0) is 19.6. The van der Waals surface area contributed by atoms with Gasteiger partial charge in [0, 0.05) is 11.1 Å². The van der Waals surface area contributed by atoms with Gasteiger partial charge >= 0.3 is 0 Å². The second-order valence-corrected chi connectivity index (χ2v) is 7.73. The summed E-state index contributed by atoms with van der Waals surface area (Å²) < 4.78 is 13.3. The van der Waals surface area contributed by atoms with Gasteiger partial charge in [-0.2, -0.15) is 0 Å². The van der Waals surface area contributed by atoms with Gasteiger partial charge in [0.15, 0.2) is 0 Å². The average molecular weight is 418 g/mol. The topological polar surface area (TPSA) is 49.4 Å². The molecule has 0 aliphatic rings. The fourth-order valence-corrected chi connectivity index (χ4v) is 2.56. The summed E-state index contributed by atoms with van der Waals surface area (Å²) in [6.07, 6.45) is 0.